The van der Waals surface area contributed by atoms with Gasteiger partial charge >= 0.3 is 5.97 Å². The smallest absolute Gasteiger partial charge is 0.314 e. The van der Waals surface area contributed by atoms with Gasteiger partial charge in [-0.25, -0.2) is 0 Å². The third-order valence-electron chi connectivity index (χ3n) is 11.8. The van der Waals surface area contributed by atoms with Crippen LogP contribution in [0.2, 0.25) is 0 Å². The van der Waals surface area contributed by atoms with Crippen LogP contribution < -0.4 is 0 Å². The molecule has 248 valence electrons. The molecule has 6 rings (SSSR count). The SMILES string of the molecule is CCC1C=CC=C2COC3C(=O)C(C)=CC(C(=O)OC4CC(CC=C(C)C1)OC1(CCC(C)C(C5CCCCC5)O1)C4)C23CO. The molecule has 45 heavy (non-hydrogen) atoms. The van der Waals surface area contributed by atoms with E-state index in [2.05, 4.69) is 32.9 Å². The molecule has 0 aromatic heterocycles. The first-order valence-corrected chi connectivity index (χ1v) is 17.7. The zero-order valence-electron chi connectivity index (χ0n) is 27.8. The molecule has 0 aromatic rings. The molecule has 1 saturated carbocycles. The average Bonchev–Trinajstić information content (AvgIpc) is 3.42. The summed E-state index contributed by atoms with van der Waals surface area (Å²) in [6.45, 7) is 8.24. The number of esters is 1. The van der Waals surface area contributed by atoms with Crippen LogP contribution in [0.3, 0.4) is 0 Å². The second-order valence-electron chi connectivity index (χ2n) is 15.0. The molecule has 4 heterocycles. The lowest BCUT2D eigenvalue weighted by Crippen LogP contribution is -2.56. The van der Waals surface area contributed by atoms with Gasteiger partial charge in [0.15, 0.2) is 11.6 Å². The van der Waals surface area contributed by atoms with E-state index in [0.29, 0.717) is 36.2 Å². The quantitative estimate of drug-likeness (QED) is 0.269. The summed E-state index contributed by atoms with van der Waals surface area (Å²) in [6, 6.07) is 0. The third-order valence-corrected chi connectivity index (χ3v) is 11.8. The van der Waals surface area contributed by atoms with E-state index in [0.717, 1.165) is 37.7 Å². The molecule has 6 aliphatic rings. The molecule has 0 radical (unpaired) electrons. The van der Waals surface area contributed by atoms with Gasteiger partial charge in [-0.3, -0.25) is 9.59 Å². The lowest BCUT2D eigenvalue weighted by atomic mass is 9.63. The van der Waals surface area contributed by atoms with Crippen LogP contribution in [0.25, 0.3) is 0 Å². The van der Waals surface area contributed by atoms with Crippen LogP contribution in [0.4, 0.5) is 0 Å². The molecule has 9 unspecified atom stereocenters. The molecule has 2 bridgehead atoms. The van der Waals surface area contributed by atoms with E-state index < -0.39 is 35.3 Å². The van der Waals surface area contributed by atoms with E-state index in [1.54, 1.807) is 13.0 Å². The number of rotatable bonds is 3. The summed E-state index contributed by atoms with van der Waals surface area (Å²) >= 11 is 0. The normalized spacial score (nSPS) is 41.6. The predicted octanol–water partition coefficient (Wildman–Crippen LogP) is 6.94. The fourth-order valence-corrected chi connectivity index (χ4v) is 9.15. The second-order valence-corrected chi connectivity index (χ2v) is 15.0. The Morgan fingerprint density at radius 3 is 2.60 bits per heavy atom. The second kappa shape index (κ2) is 13.6. The number of carbonyl (C=O) groups excluding carboxylic acids is 2. The standard InChI is InChI=1S/C38H54O7/c1-5-27-10-9-13-29-22-42-35-33(40)26(4)19-32(38(29,35)23-39)36(41)43-31-20-30(15-14-24(2)18-27)44-37(21-31)17-16-25(3)34(45-37)28-11-7-6-8-12-28/h9-10,13-14,19,25,27-28,30-32,34-35,39H,5-8,11-12,15-18,20-23H2,1-4H3. The number of allylic oxidation sites excluding steroid dienone is 4. The van der Waals surface area contributed by atoms with Gasteiger partial charge in [-0.05, 0) is 81.3 Å². The Kier molecular flexibility index (Phi) is 9.92. The third kappa shape index (κ3) is 6.44. The topological polar surface area (TPSA) is 91.3 Å². The van der Waals surface area contributed by atoms with E-state index >= 15 is 0 Å². The number of ketones is 1. The highest BCUT2D eigenvalue weighted by Crippen LogP contribution is 2.52. The van der Waals surface area contributed by atoms with Gasteiger partial charge in [0.2, 0.25) is 0 Å². The number of hydrogen-bond donors (Lipinski definition) is 1. The number of carbonyl (C=O) groups is 2. The van der Waals surface area contributed by atoms with Gasteiger partial charge < -0.3 is 24.1 Å². The van der Waals surface area contributed by atoms with Crippen LogP contribution in [0.15, 0.2) is 47.1 Å². The molecule has 4 aliphatic heterocycles. The van der Waals surface area contributed by atoms with E-state index in [1.807, 2.05) is 12.2 Å². The molecule has 7 nitrogen and oxygen atoms in total. The zero-order valence-corrected chi connectivity index (χ0v) is 27.8. The van der Waals surface area contributed by atoms with Crippen molar-refractivity contribution in [3.8, 4) is 0 Å². The Labute approximate surface area is 269 Å². The van der Waals surface area contributed by atoms with Crippen molar-refractivity contribution in [2.45, 2.75) is 135 Å². The summed E-state index contributed by atoms with van der Waals surface area (Å²) < 4.78 is 26.5. The summed E-state index contributed by atoms with van der Waals surface area (Å²) in [4.78, 5) is 27.6. The Balaban J connectivity index is 1.36. The summed E-state index contributed by atoms with van der Waals surface area (Å²) in [7, 11) is 0. The van der Waals surface area contributed by atoms with Crippen molar-refractivity contribution in [3.05, 3.63) is 47.1 Å². The van der Waals surface area contributed by atoms with Crippen molar-refractivity contribution in [2.24, 2.45) is 29.1 Å². The Bertz CT molecular complexity index is 1240. The number of Topliss-reactive ketones (excluding diaryl/α,β-unsaturated/α-hetero) is 1. The summed E-state index contributed by atoms with van der Waals surface area (Å²) in [5, 5.41) is 11.0. The van der Waals surface area contributed by atoms with Crippen LogP contribution in [-0.4, -0.2) is 60.3 Å². The van der Waals surface area contributed by atoms with Gasteiger partial charge in [-0.15, -0.1) is 0 Å². The van der Waals surface area contributed by atoms with Crippen molar-refractivity contribution in [3.63, 3.8) is 0 Å². The summed E-state index contributed by atoms with van der Waals surface area (Å²) in [5.41, 5.74) is 1.37. The molecule has 3 saturated heterocycles. The van der Waals surface area contributed by atoms with Crippen molar-refractivity contribution in [1.29, 1.82) is 0 Å². The maximum absolute atomic E-state index is 14.3. The largest absolute Gasteiger partial charge is 0.462 e. The van der Waals surface area contributed by atoms with Gasteiger partial charge in [0.05, 0.1) is 36.8 Å². The highest BCUT2D eigenvalue weighted by atomic mass is 16.7. The fraction of sp³-hybridized carbons (Fsp3) is 0.737. The minimum Gasteiger partial charge on any atom is -0.462 e. The Hall–Kier alpha value is -2.06. The van der Waals surface area contributed by atoms with Crippen LogP contribution in [0.1, 0.15) is 105 Å². The van der Waals surface area contributed by atoms with E-state index in [1.165, 1.54) is 37.7 Å². The molecule has 0 amide bonds. The lowest BCUT2D eigenvalue weighted by molar-refractivity contribution is -0.342. The highest BCUT2D eigenvalue weighted by molar-refractivity contribution is 6.02. The van der Waals surface area contributed by atoms with Gasteiger partial charge in [0, 0.05) is 19.3 Å². The molecule has 9 atom stereocenters. The molecule has 7 heteroatoms. The number of aliphatic hydroxyl groups excluding tert-OH is 1. The minimum absolute atomic E-state index is 0.134. The Morgan fingerprint density at radius 1 is 1.04 bits per heavy atom. The maximum atomic E-state index is 14.3. The number of aliphatic hydroxyl groups is 1. The molecular weight excluding hydrogens is 568 g/mol. The first kappa shape index (κ1) is 32.9. The van der Waals surface area contributed by atoms with Crippen molar-refractivity contribution < 1.29 is 33.6 Å². The number of ether oxygens (including phenoxy) is 4. The van der Waals surface area contributed by atoms with Crippen LogP contribution >= 0.6 is 0 Å². The van der Waals surface area contributed by atoms with Gasteiger partial charge in [-0.2, -0.15) is 0 Å². The molecule has 2 aliphatic carbocycles. The number of hydrogen-bond acceptors (Lipinski definition) is 7. The molecule has 4 fully saturated rings. The number of fused-ring (bicyclic) bond motifs is 2. The monoisotopic (exact) mass is 622 g/mol. The van der Waals surface area contributed by atoms with E-state index in [-0.39, 0.29) is 31.2 Å². The average molecular weight is 623 g/mol. The van der Waals surface area contributed by atoms with Crippen molar-refractivity contribution >= 4 is 11.8 Å². The lowest BCUT2D eigenvalue weighted by Gasteiger charge is -2.51. The molecule has 0 aromatic carbocycles. The molecule has 1 spiro atoms. The van der Waals surface area contributed by atoms with E-state index in [4.69, 9.17) is 18.9 Å². The summed E-state index contributed by atoms with van der Waals surface area (Å²) in [5.74, 6) is -0.843. The van der Waals surface area contributed by atoms with Crippen LogP contribution in [-0.2, 0) is 28.5 Å². The van der Waals surface area contributed by atoms with Gasteiger partial charge in [0.25, 0.3) is 0 Å². The van der Waals surface area contributed by atoms with Gasteiger partial charge in [0.1, 0.15) is 12.2 Å². The van der Waals surface area contributed by atoms with Crippen molar-refractivity contribution in [2.75, 3.05) is 13.2 Å². The molecular formula is C38H54O7. The van der Waals surface area contributed by atoms with Crippen LogP contribution in [0.5, 0.6) is 0 Å². The minimum atomic E-state index is -1.18. The first-order chi connectivity index (χ1) is 21.7. The predicted molar refractivity (Wildman–Crippen MR) is 172 cm³/mol. The van der Waals surface area contributed by atoms with Crippen molar-refractivity contribution in [1.82, 2.24) is 0 Å². The highest BCUT2D eigenvalue weighted by Gasteiger charge is 2.60. The van der Waals surface area contributed by atoms with Crippen LogP contribution in [0, 0.1) is 29.1 Å². The Morgan fingerprint density at radius 2 is 1.84 bits per heavy atom. The maximum Gasteiger partial charge on any atom is 0.314 e. The zero-order chi connectivity index (χ0) is 31.8. The fourth-order valence-electron chi connectivity index (χ4n) is 9.15. The first-order valence-electron chi connectivity index (χ1n) is 17.7. The van der Waals surface area contributed by atoms with E-state index in [9.17, 15) is 14.7 Å². The van der Waals surface area contributed by atoms with Gasteiger partial charge in [-0.1, -0.05) is 69.1 Å². The summed E-state index contributed by atoms with van der Waals surface area (Å²) in [6.07, 6.45) is 20.7. The molecule has 1 N–H and O–H groups in total.